The molecular weight excluding hydrogens is 350 g/mol. The summed E-state index contributed by atoms with van der Waals surface area (Å²) >= 11 is 0. The van der Waals surface area contributed by atoms with Crippen LogP contribution in [0.3, 0.4) is 0 Å². The van der Waals surface area contributed by atoms with Crippen LogP contribution in [-0.4, -0.2) is 0 Å². The van der Waals surface area contributed by atoms with Gasteiger partial charge in [-0.25, -0.2) is 4.57 Å². The summed E-state index contributed by atoms with van der Waals surface area (Å²) in [7, 11) is 2.01. The highest BCUT2D eigenvalue weighted by Gasteiger charge is 2.28. The van der Waals surface area contributed by atoms with E-state index in [4.69, 9.17) is 4.11 Å². The molecule has 0 aliphatic heterocycles. The van der Waals surface area contributed by atoms with Crippen LogP contribution in [0.5, 0.6) is 0 Å². The van der Waals surface area contributed by atoms with E-state index in [1.165, 1.54) is 0 Å². The lowest BCUT2D eigenvalue weighted by Gasteiger charge is -2.34. The fourth-order valence-corrected chi connectivity index (χ4v) is 4.41. The minimum Gasteiger partial charge on any atom is -0.201 e. The Kier molecular flexibility index (Phi) is 4.14. The number of benzene rings is 2. The maximum Gasteiger partial charge on any atom is 0.212 e. The highest BCUT2D eigenvalue weighted by atomic mass is 14.9. The van der Waals surface area contributed by atoms with E-state index in [9.17, 15) is 1.37 Å². The quantitative estimate of drug-likeness (QED) is 0.420. The molecule has 0 unspecified atom stereocenters. The zero-order chi connectivity index (χ0) is 24.0. The molecule has 1 heterocycles. The predicted molar refractivity (Wildman–Crippen MR) is 123 cm³/mol. The molecule has 0 N–H and O–H groups in total. The number of pyridine rings is 1. The first-order chi connectivity index (χ1) is 15.4. The van der Waals surface area contributed by atoms with Crippen molar-refractivity contribution in [2.45, 2.75) is 59.2 Å². The molecule has 0 saturated heterocycles. The van der Waals surface area contributed by atoms with Gasteiger partial charge in [0.25, 0.3) is 0 Å². The Morgan fingerprint density at radius 2 is 1.69 bits per heavy atom. The summed E-state index contributed by atoms with van der Waals surface area (Å²) < 4.78 is 35.6. The molecule has 0 amide bonds. The monoisotopic (exact) mass is 388 g/mol. The summed E-state index contributed by atoms with van der Waals surface area (Å²) in [6.45, 7) is 4.37. The molecule has 0 spiro atoms. The maximum absolute atomic E-state index is 9.23. The Hall–Kier alpha value is -2.41. The van der Waals surface area contributed by atoms with E-state index < -0.39 is 12.7 Å². The number of nitrogens with zero attached hydrogens (tertiary/aromatic N) is 1. The Morgan fingerprint density at radius 1 is 0.966 bits per heavy atom. The number of hydrogen-bond acceptors (Lipinski definition) is 0. The van der Waals surface area contributed by atoms with Crippen molar-refractivity contribution in [3.8, 4) is 22.4 Å². The third-order valence-electron chi connectivity index (χ3n) is 6.49. The van der Waals surface area contributed by atoms with Gasteiger partial charge in [-0.2, -0.15) is 0 Å². The first-order valence-corrected chi connectivity index (χ1v) is 10.6. The zero-order valence-corrected chi connectivity index (χ0v) is 18.0. The largest absolute Gasteiger partial charge is 0.212 e. The van der Waals surface area contributed by atoms with Crippen molar-refractivity contribution < 1.29 is 10.1 Å². The molecular formula is C28H34N+. The number of hydrogen-bond donors (Lipinski definition) is 0. The van der Waals surface area contributed by atoms with Crippen LogP contribution >= 0.6 is 0 Å². The summed E-state index contributed by atoms with van der Waals surface area (Å²) in [5, 5.41) is 0. The van der Waals surface area contributed by atoms with E-state index in [-0.39, 0.29) is 0 Å². The van der Waals surface area contributed by atoms with Gasteiger partial charge in [0.1, 0.15) is 7.05 Å². The molecule has 0 radical (unpaired) electrons. The first-order valence-electron chi connectivity index (χ1n) is 12.6. The molecule has 1 aliphatic carbocycles. The summed E-state index contributed by atoms with van der Waals surface area (Å²) in [6.07, 6.45) is 5.87. The topological polar surface area (TPSA) is 3.88 Å². The standard InChI is InChI=1S/C28H34N/c1-20-17-21(2)26(19-25(20)23-9-7-6-8-10-23)27-18-24(13-16-29(27)5)22-11-14-28(3,4)15-12-22/h6-10,13,16-19,22H,11-12,14-15H2,1-5H3/q+1/i1D3,22D. The predicted octanol–water partition coefficient (Wildman–Crippen LogP) is 7.15. The highest BCUT2D eigenvalue weighted by Crippen LogP contribution is 2.43. The van der Waals surface area contributed by atoms with Crippen LogP contribution in [0.15, 0.2) is 60.8 Å². The van der Waals surface area contributed by atoms with Crippen LogP contribution in [0.25, 0.3) is 22.4 Å². The molecule has 1 aliphatic rings. The van der Waals surface area contributed by atoms with Gasteiger partial charge in [0, 0.05) is 23.2 Å². The van der Waals surface area contributed by atoms with E-state index in [1.54, 1.807) is 0 Å². The minimum absolute atomic E-state index is 0.305. The maximum atomic E-state index is 9.23. The van der Waals surface area contributed by atoms with Gasteiger partial charge in [0.2, 0.25) is 5.69 Å². The summed E-state index contributed by atoms with van der Waals surface area (Å²) in [4.78, 5) is 0. The van der Waals surface area contributed by atoms with Crippen LogP contribution in [0.4, 0.5) is 0 Å². The number of rotatable bonds is 3. The molecule has 0 atom stereocenters. The Morgan fingerprint density at radius 3 is 2.38 bits per heavy atom. The second-order valence-electron chi connectivity index (χ2n) is 9.26. The average molecular weight is 389 g/mol. The summed E-state index contributed by atoms with van der Waals surface area (Å²) in [5.74, 6) is -0.576. The van der Waals surface area contributed by atoms with E-state index in [1.807, 2.05) is 62.6 Å². The van der Waals surface area contributed by atoms with Gasteiger partial charge in [0.15, 0.2) is 6.20 Å². The lowest BCUT2D eigenvalue weighted by molar-refractivity contribution is -0.660. The lowest BCUT2D eigenvalue weighted by atomic mass is 9.71. The van der Waals surface area contributed by atoms with E-state index >= 15 is 0 Å². The van der Waals surface area contributed by atoms with Gasteiger partial charge in [-0.05, 0) is 84.7 Å². The summed E-state index contributed by atoms with van der Waals surface area (Å²) in [5.41, 5.74) is 6.31. The molecule has 0 bridgehead atoms. The Bertz CT molecular complexity index is 1150. The van der Waals surface area contributed by atoms with Crippen molar-refractivity contribution in [3.05, 3.63) is 77.5 Å². The van der Waals surface area contributed by atoms with Gasteiger partial charge in [-0.3, -0.25) is 0 Å². The van der Waals surface area contributed by atoms with E-state index in [0.717, 1.165) is 59.2 Å². The van der Waals surface area contributed by atoms with Crippen molar-refractivity contribution in [1.82, 2.24) is 0 Å². The van der Waals surface area contributed by atoms with Gasteiger partial charge in [-0.15, -0.1) is 0 Å². The highest BCUT2D eigenvalue weighted by molar-refractivity contribution is 5.75. The molecule has 1 heteroatoms. The average Bonchev–Trinajstić information content (AvgIpc) is 2.76. The van der Waals surface area contributed by atoms with Gasteiger partial charge in [-0.1, -0.05) is 50.2 Å². The summed E-state index contributed by atoms with van der Waals surface area (Å²) in [6, 6.07) is 17.8. The van der Waals surface area contributed by atoms with Crippen LogP contribution < -0.4 is 4.57 Å². The molecule has 3 aromatic rings. The molecule has 150 valence electrons. The van der Waals surface area contributed by atoms with Crippen LogP contribution in [0.1, 0.15) is 67.6 Å². The molecule has 4 rings (SSSR count). The molecule has 1 nitrogen and oxygen atoms in total. The normalized spacial score (nSPS) is 20.3. The zero-order valence-electron chi connectivity index (χ0n) is 22.0. The fourth-order valence-electron chi connectivity index (χ4n) is 4.41. The SMILES string of the molecule is [2H]C([2H])([2H])c1cc(C)c(-c2cc(C3([2H])CCC(C)(C)CC3)cc[n+]2C)cc1-c1ccccc1. The van der Waals surface area contributed by atoms with Crippen LogP contribution in [0.2, 0.25) is 0 Å². The van der Waals surface area contributed by atoms with Crippen LogP contribution in [-0.2, 0) is 7.05 Å². The van der Waals surface area contributed by atoms with Crippen molar-refractivity contribution in [2.24, 2.45) is 12.5 Å². The van der Waals surface area contributed by atoms with Crippen molar-refractivity contribution in [2.75, 3.05) is 0 Å². The van der Waals surface area contributed by atoms with Gasteiger partial charge >= 0.3 is 0 Å². The van der Waals surface area contributed by atoms with Gasteiger partial charge in [0.05, 0.1) is 0 Å². The molecule has 2 aromatic carbocycles. The molecule has 1 fully saturated rings. The van der Waals surface area contributed by atoms with Crippen molar-refractivity contribution in [1.29, 1.82) is 0 Å². The second kappa shape index (κ2) is 7.78. The van der Waals surface area contributed by atoms with E-state index in [2.05, 4.69) is 30.5 Å². The van der Waals surface area contributed by atoms with Crippen LogP contribution in [0, 0.1) is 19.2 Å². The molecule has 1 aromatic heterocycles. The first kappa shape index (κ1) is 15.4. The third-order valence-corrected chi connectivity index (χ3v) is 6.49. The second-order valence-corrected chi connectivity index (χ2v) is 9.26. The van der Waals surface area contributed by atoms with Gasteiger partial charge < -0.3 is 0 Å². The van der Waals surface area contributed by atoms with E-state index in [0.29, 0.717) is 11.0 Å². The number of aryl methyl sites for hydroxylation is 3. The molecule has 29 heavy (non-hydrogen) atoms. The minimum atomic E-state index is -2.20. The smallest absolute Gasteiger partial charge is 0.201 e. The number of aromatic nitrogens is 1. The fraction of sp³-hybridized carbons (Fsp3) is 0.393. The Balaban J connectivity index is 1.85. The van der Waals surface area contributed by atoms with Crippen molar-refractivity contribution >= 4 is 0 Å². The van der Waals surface area contributed by atoms with Crippen molar-refractivity contribution in [3.63, 3.8) is 0 Å². The Labute approximate surface area is 182 Å². The molecule has 1 saturated carbocycles. The third kappa shape index (κ3) is 4.15. The lowest BCUT2D eigenvalue weighted by Crippen LogP contribution is -2.31.